The highest BCUT2D eigenvalue weighted by molar-refractivity contribution is 5.91. The van der Waals surface area contributed by atoms with E-state index in [2.05, 4.69) is 14.8 Å². The van der Waals surface area contributed by atoms with Crippen molar-refractivity contribution in [2.45, 2.75) is 13.0 Å². The molecule has 4 rings (SSSR count). The average Bonchev–Trinajstić information content (AvgIpc) is 3.33. The molecule has 0 bridgehead atoms. The van der Waals surface area contributed by atoms with Crippen LogP contribution in [0.3, 0.4) is 0 Å². The Hall–Kier alpha value is -4.04. The summed E-state index contributed by atoms with van der Waals surface area (Å²) < 4.78 is 25.3. The minimum absolute atomic E-state index is 0.137. The molecule has 1 aromatic carbocycles. The number of hydrogen-bond acceptors (Lipinski definition) is 11. The number of fused-ring (bicyclic) bond motifs is 1. The zero-order chi connectivity index (χ0) is 29.0. The minimum atomic E-state index is -0.675. The van der Waals surface area contributed by atoms with E-state index in [1.165, 1.54) is 38.0 Å². The average molecular weight is 561 g/mol. The summed E-state index contributed by atoms with van der Waals surface area (Å²) in [5, 5.41) is 9.08. The van der Waals surface area contributed by atoms with Gasteiger partial charge in [-0.3, -0.25) is 18.8 Å². The molecular formula is C26H36N6O8. The Kier molecular flexibility index (Phi) is 9.00. The number of rotatable bonds is 11. The molecule has 0 saturated carbocycles. The molecule has 0 atom stereocenters. The molecular weight excluding hydrogens is 524 g/mol. The van der Waals surface area contributed by atoms with E-state index >= 15 is 0 Å². The molecule has 0 unspecified atom stereocenters. The summed E-state index contributed by atoms with van der Waals surface area (Å²) in [5.74, 6) is 0.858. The first-order valence-corrected chi connectivity index (χ1v) is 13.0. The highest BCUT2D eigenvalue weighted by Crippen LogP contribution is 2.38. The van der Waals surface area contributed by atoms with Crippen LogP contribution in [-0.2, 0) is 25.4 Å². The van der Waals surface area contributed by atoms with Gasteiger partial charge >= 0.3 is 11.7 Å². The minimum Gasteiger partial charge on any atom is -0.493 e. The number of carbonyl (C=O) groups excluding carboxylic acids is 1. The van der Waals surface area contributed by atoms with Crippen molar-refractivity contribution in [1.29, 1.82) is 0 Å². The second-order valence-electron chi connectivity index (χ2n) is 9.40. The van der Waals surface area contributed by atoms with Gasteiger partial charge in [0.05, 0.1) is 33.4 Å². The summed E-state index contributed by atoms with van der Waals surface area (Å²) >= 11 is 0. The molecule has 1 fully saturated rings. The van der Waals surface area contributed by atoms with Gasteiger partial charge < -0.3 is 33.5 Å². The van der Waals surface area contributed by atoms with Crippen LogP contribution in [-0.4, -0.2) is 102 Å². The van der Waals surface area contributed by atoms with Crippen molar-refractivity contribution in [3.05, 3.63) is 38.5 Å². The molecule has 1 saturated heterocycles. The lowest BCUT2D eigenvalue weighted by atomic mass is 10.2. The molecule has 0 spiro atoms. The Morgan fingerprint density at radius 3 is 2.17 bits per heavy atom. The van der Waals surface area contributed by atoms with E-state index in [4.69, 9.17) is 24.1 Å². The van der Waals surface area contributed by atoms with Gasteiger partial charge in [0.2, 0.25) is 11.7 Å². The molecule has 14 heteroatoms. The fraction of sp³-hybridized carbons (Fsp3) is 0.538. The Morgan fingerprint density at radius 1 is 0.950 bits per heavy atom. The number of carbonyl (C=O) groups is 1. The first kappa shape index (κ1) is 29.0. The highest BCUT2D eigenvalue weighted by Gasteiger charge is 2.25. The molecule has 1 N–H and O–H groups in total. The van der Waals surface area contributed by atoms with Crippen LogP contribution in [0, 0.1) is 0 Å². The highest BCUT2D eigenvalue weighted by atomic mass is 16.5. The predicted octanol–water partition coefficient (Wildman–Crippen LogP) is -0.179. The van der Waals surface area contributed by atoms with Crippen LogP contribution in [0.25, 0.3) is 11.2 Å². The van der Waals surface area contributed by atoms with Gasteiger partial charge in [0.15, 0.2) is 22.7 Å². The molecule has 40 heavy (non-hydrogen) atoms. The maximum absolute atomic E-state index is 13.4. The van der Waals surface area contributed by atoms with Gasteiger partial charge in [-0.05, 0) is 18.6 Å². The Labute approximate surface area is 230 Å². The van der Waals surface area contributed by atoms with Crippen molar-refractivity contribution in [3.8, 4) is 17.2 Å². The van der Waals surface area contributed by atoms with Gasteiger partial charge in [0.1, 0.15) is 6.61 Å². The van der Waals surface area contributed by atoms with Crippen molar-refractivity contribution in [3.63, 3.8) is 0 Å². The molecule has 3 aromatic rings. The number of piperazine rings is 1. The first-order valence-electron chi connectivity index (χ1n) is 13.0. The van der Waals surface area contributed by atoms with E-state index in [0.717, 1.165) is 30.6 Å². The third-order valence-corrected chi connectivity index (χ3v) is 7.07. The van der Waals surface area contributed by atoms with Crippen LogP contribution < -0.4 is 30.4 Å². The van der Waals surface area contributed by atoms with Crippen molar-refractivity contribution in [2.24, 2.45) is 14.1 Å². The van der Waals surface area contributed by atoms with E-state index < -0.39 is 17.2 Å². The molecule has 0 radical (unpaired) electrons. The zero-order valence-corrected chi connectivity index (χ0v) is 23.5. The van der Waals surface area contributed by atoms with Crippen molar-refractivity contribution in [1.82, 2.24) is 23.6 Å². The molecule has 1 aliphatic heterocycles. The van der Waals surface area contributed by atoms with Gasteiger partial charge in [-0.25, -0.2) is 9.59 Å². The summed E-state index contributed by atoms with van der Waals surface area (Å²) in [6.07, 6.45) is 0.728. The third-order valence-electron chi connectivity index (χ3n) is 7.07. The van der Waals surface area contributed by atoms with E-state index in [0.29, 0.717) is 41.9 Å². The summed E-state index contributed by atoms with van der Waals surface area (Å²) in [4.78, 5) is 48.3. The number of aliphatic hydroxyl groups is 1. The number of hydrogen-bond donors (Lipinski definition) is 1. The number of aromatic nitrogens is 4. The van der Waals surface area contributed by atoms with Crippen molar-refractivity contribution in [2.75, 3.05) is 72.2 Å². The summed E-state index contributed by atoms with van der Waals surface area (Å²) in [5.41, 5.74) is -0.320. The second-order valence-corrected chi connectivity index (χ2v) is 9.40. The van der Waals surface area contributed by atoms with Crippen molar-refractivity contribution < 1.29 is 28.8 Å². The molecule has 1 aliphatic rings. The smallest absolute Gasteiger partial charge is 0.338 e. The SMILES string of the molecule is COc1cc(C(=O)OCCn2c(=O)c3c(nc(N4CCN(CCCO)CC4)n3C)n(C)c2=O)cc(OC)c1OC. The van der Waals surface area contributed by atoms with Crippen LogP contribution in [0.1, 0.15) is 16.8 Å². The number of ether oxygens (including phenoxy) is 4. The van der Waals surface area contributed by atoms with E-state index in [1.54, 1.807) is 18.7 Å². The van der Waals surface area contributed by atoms with E-state index in [-0.39, 0.29) is 30.8 Å². The standard InChI is InChI=1S/C26H36N6O8/c1-28-20-22(27-25(28)31-10-8-30(9-11-31)7-6-13-33)29(2)26(36)32(23(20)34)12-14-40-24(35)17-15-18(37-3)21(39-5)19(16-17)38-4/h15-16,33H,6-14H2,1-5H3. The lowest BCUT2D eigenvalue weighted by molar-refractivity contribution is 0.0487. The lowest BCUT2D eigenvalue weighted by Gasteiger charge is -2.35. The molecule has 14 nitrogen and oxygen atoms in total. The Morgan fingerprint density at radius 2 is 1.60 bits per heavy atom. The predicted molar refractivity (Wildman–Crippen MR) is 147 cm³/mol. The second kappa shape index (κ2) is 12.4. The van der Waals surface area contributed by atoms with Crippen molar-refractivity contribution >= 4 is 23.1 Å². The van der Waals surface area contributed by atoms with E-state index in [1.807, 2.05) is 0 Å². The van der Waals surface area contributed by atoms with Crippen LogP contribution in [0.4, 0.5) is 5.95 Å². The number of esters is 1. The quantitative estimate of drug-likeness (QED) is 0.312. The Bertz CT molecular complexity index is 1460. The van der Waals surface area contributed by atoms with Gasteiger partial charge in [-0.1, -0.05) is 0 Å². The van der Waals surface area contributed by atoms with Gasteiger partial charge in [0.25, 0.3) is 5.56 Å². The van der Waals surface area contributed by atoms with Crippen LogP contribution in [0.5, 0.6) is 17.2 Å². The molecule has 0 amide bonds. The monoisotopic (exact) mass is 560 g/mol. The third kappa shape index (κ3) is 5.49. The summed E-state index contributed by atoms with van der Waals surface area (Å²) in [7, 11) is 7.65. The maximum atomic E-state index is 13.4. The maximum Gasteiger partial charge on any atom is 0.338 e. The van der Waals surface area contributed by atoms with Crippen LogP contribution >= 0.6 is 0 Å². The number of imidazole rings is 1. The van der Waals surface area contributed by atoms with E-state index in [9.17, 15) is 14.4 Å². The number of nitrogens with zero attached hydrogens (tertiary/aromatic N) is 6. The number of aryl methyl sites for hydroxylation is 2. The van der Waals surface area contributed by atoms with Crippen LogP contribution in [0.15, 0.2) is 21.7 Å². The van der Waals surface area contributed by atoms with Gasteiger partial charge in [0, 0.05) is 53.4 Å². The normalized spacial score (nSPS) is 14.0. The first-order chi connectivity index (χ1) is 19.2. The number of benzene rings is 1. The Balaban J connectivity index is 1.53. The number of methoxy groups -OCH3 is 3. The number of anilines is 1. The molecule has 218 valence electrons. The number of aliphatic hydroxyl groups excluding tert-OH is 1. The largest absolute Gasteiger partial charge is 0.493 e. The molecule has 2 aromatic heterocycles. The zero-order valence-electron chi connectivity index (χ0n) is 23.5. The fourth-order valence-electron chi connectivity index (χ4n) is 4.89. The van der Waals surface area contributed by atoms with Gasteiger partial charge in [-0.2, -0.15) is 4.98 Å². The van der Waals surface area contributed by atoms with Gasteiger partial charge in [-0.15, -0.1) is 0 Å². The van der Waals surface area contributed by atoms with Crippen LogP contribution in [0.2, 0.25) is 0 Å². The molecule has 0 aliphatic carbocycles. The topological polar surface area (TPSA) is 143 Å². The fourth-order valence-corrected chi connectivity index (χ4v) is 4.89. The lowest BCUT2D eigenvalue weighted by Crippen LogP contribution is -2.47. The molecule has 3 heterocycles. The summed E-state index contributed by atoms with van der Waals surface area (Å²) in [6, 6.07) is 2.93. The summed E-state index contributed by atoms with van der Waals surface area (Å²) in [6.45, 7) is 3.68.